The van der Waals surface area contributed by atoms with Crippen molar-refractivity contribution >= 4 is 0 Å². The predicted molar refractivity (Wildman–Crippen MR) is 58.8 cm³/mol. The second-order valence-corrected chi connectivity index (χ2v) is 3.41. The van der Waals surface area contributed by atoms with E-state index in [1.165, 1.54) is 31.2 Å². The zero-order valence-electron chi connectivity index (χ0n) is 8.37. The van der Waals surface area contributed by atoms with E-state index in [0.717, 1.165) is 0 Å². The first-order chi connectivity index (χ1) is 6.39. The molecule has 0 saturated heterocycles. The van der Waals surface area contributed by atoms with Gasteiger partial charge in [-0.1, -0.05) is 48.0 Å². The second kappa shape index (κ2) is 6.47. The van der Waals surface area contributed by atoms with Gasteiger partial charge < -0.3 is 0 Å². The summed E-state index contributed by atoms with van der Waals surface area (Å²) in [5.41, 5.74) is 1.32. The average Bonchev–Trinajstić information content (AvgIpc) is 2.22. The molecule has 70 valence electrons. The van der Waals surface area contributed by atoms with E-state index in [-0.39, 0.29) is 0 Å². The molecular weight excluding hydrogens is 156 g/mol. The Morgan fingerprint density at radius 1 is 0.846 bits per heavy atom. The fourth-order valence-electron chi connectivity index (χ4n) is 1.29. The van der Waals surface area contributed by atoms with Gasteiger partial charge in [-0.3, -0.25) is 0 Å². The maximum Gasteiger partial charge on any atom is -0.0351 e. The van der Waals surface area contributed by atoms with Crippen molar-refractivity contribution in [3.63, 3.8) is 0 Å². The van der Waals surface area contributed by atoms with E-state index in [0.29, 0.717) is 0 Å². The summed E-state index contributed by atoms with van der Waals surface area (Å²) < 4.78 is 0. The molecule has 1 aromatic carbocycles. The van der Waals surface area contributed by atoms with Crippen molar-refractivity contribution in [2.45, 2.75) is 32.6 Å². The van der Waals surface area contributed by atoms with Crippen LogP contribution < -0.4 is 0 Å². The van der Waals surface area contributed by atoms with E-state index in [1.54, 1.807) is 0 Å². The van der Waals surface area contributed by atoms with Gasteiger partial charge in [0, 0.05) is 0 Å². The molecule has 1 aliphatic carbocycles. The summed E-state index contributed by atoms with van der Waals surface area (Å²) in [6.07, 6.45) is 10.0. The van der Waals surface area contributed by atoms with E-state index < -0.39 is 0 Å². The number of benzene rings is 1. The van der Waals surface area contributed by atoms with Gasteiger partial charge in [-0.15, -0.1) is 0 Å². The van der Waals surface area contributed by atoms with Crippen LogP contribution >= 0.6 is 0 Å². The fourth-order valence-corrected chi connectivity index (χ4v) is 1.29. The highest BCUT2D eigenvalue weighted by Gasteiger charge is 1.87. The van der Waals surface area contributed by atoms with Crippen LogP contribution in [0.15, 0.2) is 42.5 Å². The van der Waals surface area contributed by atoms with Gasteiger partial charge in [0.15, 0.2) is 0 Å². The van der Waals surface area contributed by atoms with Crippen molar-refractivity contribution < 1.29 is 0 Å². The molecule has 0 radical (unpaired) electrons. The topological polar surface area (TPSA) is 0 Å². The van der Waals surface area contributed by atoms with Crippen LogP contribution in [0, 0.1) is 6.92 Å². The second-order valence-electron chi connectivity index (χ2n) is 3.41. The Morgan fingerprint density at radius 3 is 1.62 bits per heavy atom. The molecule has 0 spiro atoms. The van der Waals surface area contributed by atoms with E-state index >= 15 is 0 Å². The van der Waals surface area contributed by atoms with Crippen LogP contribution in [0.1, 0.15) is 31.2 Å². The van der Waals surface area contributed by atoms with Gasteiger partial charge in [0.05, 0.1) is 0 Å². The van der Waals surface area contributed by atoms with Crippen LogP contribution in [0.5, 0.6) is 0 Å². The minimum absolute atomic E-state index is 1.32. The van der Waals surface area contributed by atoms with E-state index in [1.807, 2.05) is 18.2 Å². The molecule has 2 rings (SSSR count). The van der Waals surface area contributed by atoms with Crippen LogP contribution in [-0.2, 0) is 0 Å². The first kappa shape index (κ1) is 10.0. The summed E-state index contributed by atoms with van der Waals surface area (Å²) in [4.78, 5) is 0. The molecule has 0 nitrogen and oxygen atoms in total. The SMILES string of the molecule is C1=CCCCC1.Cc1ccccc1. The smallest absolute Gasteiger partial charge is 0.0351 e. The molecule has 0 fully saturated rings. The molecule has 0 heterocycles. The minimum atomic E-state index is 1.32. The van der Waals surface area contributed by atoms with Crippen LogP contribution in [0.3, 0.4) is 0 Å². The molecule has 0 atom stereocenters. The summed E-state index contributed by atoms with van der Waals surface area (Å²) in [6, 6.07) is 10.3. The zero-order chi connectivity index (χ0) is 9.36. The fraction of sp³-hybridized carbons (Fsp3) is 0.385. The molecule has 13 heavy (non-hydrogen) atoms. The summed E-state index contributed by atoms with van der Waals surface area (Å²) in [5.74, 6) is 0. The zero-order valence-corrected chi connectivity index (χ0v) is 8.37. The number of hydrogen-bond acceptors (Lipinski definition) is 0. The van der Waals surface area contributed by atoms with E-state index in [4.69, 9.17) is 0 Å². The molecular formula is C13H18. The molecule has 0 aliphatic heterocycles. The maximum atomic E-state index is 2.27. The first-order valence-electron chi connectivity index (χ1n) is 5.06. The van der Waals surface area contributed by atoms with Crippen molar-refractivity contribution in [2.75, 3.05) is 0 Å². The highest BCUT2D eigenvalue weighted by Crippen LogP contribution is 2.07. The number of allylic oxidation sites excluding steroid dienone is 2. The molecule has 1 aliphatic rings. The number of rotatable bonds is 0. The van der Waals surface area contributed by atoms with Gasteiger partial charge in [-0.25, -0.2) is 0 Å². The van der Waals surface area contributed by atoms with Crippen LogP contribution in [0.4, 0.5) is 0 Å². The largest absolute Gasteiger partial charge is 0.0885 e. The third-order valence-corrected chi connectivity index (χ3v) is 2.10. The van der Waals surface area contributed by atoms with Gasteiger partial charge in [-0.05, 0) is 32.6 Å². The maximum absolute atomic E-state index is 2.27. The third-order valence-electron chi connectivity index (χ3n) is 2.10. The van der Waals surface area contributed by atoms with Gasteiger partial charge in [0.2, 0.25) is 0 Å². The monoisotopic (exact) mass is 174 g/mol. The minimum Gasteiger partial charge on any atom is -0.0885 e. The van der Waals surface area contributed by atoms with Crippen LogP contribution in [-0.4, -0.2) is 0 Å². The first-order valence-corrected chi connectivity index (χ1v) is 5.06. The lowest BCUT2D eigenvalue weighted by molar-refractivity contribution is 0.730. The Hall–Kier alpha value is -1.04. The molecule has 0 heteroatoms. The van der Waals surface area contributed by atoms with Crippen molar-refractivity contribution in [3.05, 3.63) is 48.0 Å². The normalized spacial score (nSPS) is 14.5. The Bertz CT molecular complexity index is 225. The lowest BCUT2D eigenvalue weighted by atomic mass is 10.1. The van der Waals surface area contributed by atoms with E-state index in [2.05, 4.69) is 31.2 Å². The van der Waals surface area contributed by atoms with Gasteiger partial charge in [0.1, 0.15) is 0 Å². The molecule has 0 aromatic heterocycles. The molecule has 0 bridgehead atoms. The lowest BCUT2D eigenvalue weighted by Crippen LogP contribution is -1.77. The summed E-state index contributed by atoms with van der Waals surface area (Å²) in [6.45, 7) is 2.08. The van der Waals surface area contributed by atoms with E-state index in [9.17, 15) is 0 Å². The average molecular weight is 174 g/mol. The van der Waals surface area contributed by atoms with Crippen molar-refractivity contribution in [3.8, 4) is 0 Å². The standard InChI is InChI=1S/C7H8.C6H10/c1-7-5-3-2-4-6-7;1-2-4-6-5-3-1/h2-6H,1H3;1-2H,3-6H2. The Labute approximate surface area is 81.3 Å². The lowest BCUT2D eigenvalue weighted by Gasteiger charge is -1.97. The highest BCUT2D eigenvalue weighted by molar-refractivity contribution is 5.11. The summed E-state index contributed by atoms with van der Waals surface area (Å²) >= 11 is 0. The Balaban J connectivity index is 0.000000132. The predicted octanol–water partition coefficient (Wildman–Crippen LogP) is 4.11. The molecule has 0 saturated carbocycles. The van der Waals surface area contributed by atoms with Crippen LogP contribution in [0.2, 0.25) is 0 Å². The van der Waals surface area contributed by atoms with Gasteiger partial charge in [-0.2, -0.15) is 0 Å². The Kier molecular flexibility index (Phi) is 5.00. The van der Waals surface area contributed by atoms with Crippen molar-refractivity contribution in [1.82, 2.24) is 0 Å². The summed E-state index contributed by atoms with van der Waals surface area (Å²) in [7, 11) is 0. The summed E-state index contributed by atoms with van der Waals surface area (Å²) in [5, 5.41) is 0. The number of hydrogen-bond donors (Lipinski definition) is 0. The third kappa shape index (κ3) is 5.24. The molecule has 1 aromatic rings. The van der Waals surface area contributed by atoms with Crippen molar-refractivity contribution in [2.24, 2.45) is 0 Å². The van der Waals surface area contributed by atoms with Crippen molar-refractivity contribution in [1.29, 1.82) is 0 Å². The quantitative estimate of drug-likeness (QED) is 0.519. The van der Waals surface area contributed by atoms with Gasteiger partial charge >= 0.3 is 0 Å². The Morgan fingerprint density at radius 2 is 1.38 bits per heavy atom. The molecule has 0 amide bonds. The number of aryl methyl sites for hydroxylation is 1. The molecule has 0 unspecified atom stereocenters. The highest BCUT2D eigenvalue weighted by atomic mass is 13.9. The van der Waals surface area contributed by atoms with Gasteiger partial charge in [0.25, 0.3) is 0 Å². The van der Waals surface area contributed by atoms with Crippen LogP contribution in [0.25, 0.3) is 0 Å². The molecule has 0 N–H and O–H groups in total.